The number of hydrogen-bond donors (Lipinski definition) is 1. The Labute approximate surface area is 123 Å². The third-order valence-electron chi connectivity index (χ3n) is 4.04. The number of H-pyrrole nitrogens is 1. The molecule has 1 aromatic carbocycles. The highest BCUT2D eigenvalue weighted by Crippen LogP contribution is 2.25. The first-order chi connectivity index (χ1) is 9.79. The van der Waals surface area contributed by atoms with Crippen molar-refractivity contribution in [3.8, 4) is 0 Å². The van der Waals surface area contributed by atoms with E-state index >= 15 is 0 Å². The van der Waals surface area contributed by atoms with Crippen molar-refractivity contribution in [2.45, 2.75) is 25.7 Å². The van der Waals surface area contributed by atoms with E-state index in [9.17, 15) is 4.79 Å². The topological polar surface area (TPSA) is 36.1 Å². The van der Waals surface area contributed by atoms with Gasteiger partial charge < -0.3 is 9.88 Å². The molecular formula is C16H19ClN2O. The first-order valence-corrected chi connectivity index (χ1v) is 7.75. The molecule has 0 aliphatic carbocycles. The highest BCUT2D eigenvalue weighted by atomic mass is 35.5. The van der Waals surface area contributed by atoms with E-state index in [0.717, 1.165) is 32.4 Å². The molecule has 1 aliphatic rings. The molecule has 3 nitrogen and oxygen atoms in total. The van der Waals surface area contributed by atoms with E-state index in [1.54, 1.807) is 0 Å². The Morgan fingerprint density at radius 3 is 2.90 bits per heavy atom. The van der Waals surface area contributed by atoms with Gasteiger partial charge in [-0.25, -0.2) is 0 Å². The highest BCUT2D eigenvalue weighted by molar-refractivity contribution is 6.17. The van der Waals surface area contributed by atoms with Crippen molar-refractivity contribution in [1.29, 1.82) is 0 Å². The van der Waals surface area contributed by atoms with Crippen LogP contribution in [0.1, 0.15) is 24.1 Å². The van der Waals surface area contributed by atoms with Crippen LogP contribution >= 0.6 is 11.6 Å². The van der Waals surface area contributed by atoms with Gasteiger partial charge in [-0.05, 0) is 24.5 Å². The largest absolute Gasteiger partial charge is 0.358 e. The maximum absolute atomic E-state index is 12.1. The van der Waals surface area contributed by atoms with E-state index in [1.807, 2.05) is 4.90 Å². The monoisotopic (exact) mass is 290 g/mol. The van der Waals surface area contributed by atoms with Crippen LogP contribution in [0.5, 0.6) is 0 Å². The van der Waals surface area contributed by atoms with Crippen molar-refractivity contribution in [2.24, 2.45) is 0 Å². The molecule has 1 N–H and O–H groups in total. The normalized spacial score (nSPS) is 15.2. The van der Waals surface area contributed by atoms with Gasteiger partial charge in [0.1, 0.15) is 0 Å². The lowest BCUT2D eigenvalue weighted by Crippen LogP contribution is -2.33. The van der Waals surface area contributed by atoms with Gasteiger partial charge >= 0.3 is 0 Å². The molecule has 0 unspecified atom stereocenters. The number of hydrogen-bond acceptors (Lipinski definition) is 1. The number of carbonyl (C=O) groups excluding carboxylic acids is 1. The number of para-hydroxylation sites is 1. The van der Waals surface area contributed by atoms with Gasteiger partial charge in [0.2, 0.25) is 5.91 Å². The Hall–Kier alpha value is -1.48. The number of aromatic amines is 1. The minimum atomic E-state index is 0.236. The zero-order valence-corrected chi connectivity index (χ0v) is 12.2. The van der Waals surface area contributed by atoms with Gasteiger partial charge in [-0.2, -0.15) is 0 Å². The average molecular weight is 291 g/mol. The second-order valence-corrected chi connectivity index (χ2v) is 5.68. The van der Waals surface area contributed by atoms with Crippen molar-refractivity contribution in [2.75, 3.05) is 19.0 Å². The Kier molecular flexibility index (Phi) is 3.97. The fourth-order valence-electron chi connectivity index (χ4n) is 2.99. The zero-order valence-electron chi connectivity index (χ0n) is 11.5. The zero-order chi connectivity index (χ0) is 13.9. The van der Waals surface area contributed by atoms with Gasteiger partial charge in [-0.1, -0.05) is 18.2 Å². The summed E-state index contributed by atoms with van der Waals surface area (Å²) in [5.41, 5.74) is 3.88. The number of halogens is 1. The minimum absolute atomic E-state index is 0.236. The quantitative estimate of drug-likeness (QED) is 0.866. The lowest BCUT2D eigenvalue weighted by molar-refractivity contribution is -0.131. The summed E-state index contributed by atoms with van der Waals surface area (Å²) >= 11 is 5.66. The lowest BCUT2D eigenvalue weighted by atomic mass is 10.1. The van der Waals surface area contributed by atoms with Crippen molar-refractivity contribution in [3.05, 3.63) is 35.5 Å². The predicted molar refractivity (Wildman–Crippen MR) is 82.2 cm³/mol. The summed E-state index contributed by atoms with van der Waals surface area (Å²) in [6.07, 6.45) is 3.19. The SMILES string of the molecule is O=C(CCCCl)N1CCc2[nH]c3ccccc3c2CC1. The number of amides is 1. The molecule has 1 aromatic heterocycles. The van der Waals surface area contributed by atoms with Crippen LogP contribution in [0.25, 0.3) is 10.9 Å². The molecule has 0 saturated heterocycles. The molecule has 4 heteroatoms. The molecule has 3 rings (SSSR count). The van der Waals surface area contributed by atoms with Crippen LogP contribution in [0.2, 0.25) is 0 Å². The first-order valence-electron chi connectivity index (χ1n) is 7.22. The number of nitrogens with zero attached hydrogens (tertiary/aromatic N) is 1. The predicted octanol–water partition coefficient (Wildman–Crippen LogP) is 3.11. The van der Waals surface area contributed by atoms with E-state index in [-0.39, 0.29) is 5.91 Å². The van der Waals surface area contributed by atoms with Gasteiger partial charge in [0.25, 0.3) is 0 Å². The molecule has 0 saturated carbocycles. The third kappa shape index (κ3) is 2.55. The fraction of sp³-hybridized carbons (Fsp3) is 0.438. The Balaban J connectivity index is 1.77. The third-order valence-corrected chi connectivity index (χ3v) is 4.31. The van der Waals surface area contributed by atoms with Crippen LogP contribution < -0.4 is 0 Å². The molecule has 1 amide bonds. The van der Waals surface area contributed by atoms with Crippen LogP contribution in [0.4, 0.5) is 0 Å². The molecule has 0 fully saturated rings. The second kappa shape index (κ2) is 5.88. The summed E-state index contributed by atoms with van der Waals surface area (Å²) in [5, 5.41) is 1.30. The molecule has 2 aromatic rings. The Bertz CT molecular complexity index is 620. The summed E-state index contributed by atoms with van der Waals surface area (Å²) in [5.74, 6) is 0.795. The molecule has 1 aliphatic heterocycles. The molecule has 20 heavy (non-hydrogen) atoms. The molecule has 0 radical (unpaired) electrons. The van der Waals surface area contributed by atoms with Crippen LogP contribution in [-0.2, 0) is 17.6 Å². The number of aromatic nitrogens is 1. The summed E-state index contributed by atoms with van der Waals surface area (Å²) in [7, 11) is 0. The Morgan fingerprint density at radius 1 is 1.25 bits per heavy atom. The van der Waals surface area contributed by atoms with E-state index in [2.05, 4.69) is 29.2 Å². The van der Waals surface area contributed by atoms with Crippen molar-refractivity contribution in [3.63, 3.8) is 0 Å². The number of nitrogens with one attached hydrogen (secondary N) is 1. The fourth-order valence-corrected chi connectivity index (χ4v) is 3.12. The lowest BCUT2D eigenvalue weighted by Gasteiger charge is -2.20. The van der Waals surface area contributed by atoms with Gasteiger partial charge in [0, 0.05) is 48.4 Å². The summed E-state index contributed by atoms with van der Waals surface area (Å²) in [6.45, 7) is 1.62. The highest BCUT2D eigenvalue weighted by Gasteiger charge is 2.20. The van der Waals surface area contributed by atoms with E-state index in [0.29, 0.717) is 12.3 Å². The van der Waals surface area contributed by atoms with Crippen LogP contribution in [0, 0.1) is 0 Å². The molecule has 0 atom stereocenters. The van der Waals surface area contributed by atoms with Crippen molar-refractivity contribution in [1.82, 2.24) is 9.88 Å². The minimum Gasteiger partial charge on any atom is -0.358 e. The van der Waals surface area contributed by atoms with Crippen LogP contribution in [0.15, 0.2) is 24.3 Å². The Morgan fingerprint density at radius 2 is 2.05 bits per heavy atom. The maximum Gasteiger partial charge on any atom is 0.222 e. The van der Waals surface area contributed by atoms with Gasteiger partial charge in [-0.3, -0.25) is 4.79 Å². The molecule has 0 spiro atoms. The molecule has 2 heterocycles. The van der Waals surface area contributed by atoms with Crippen molar-refractivity contribution >= 4 is 28.4 Å². The summed E-state index contributed by atoms with van der Waals surface area (Å²) in [6, 6.07) is 8.41. The standard InChI is InChI=1S/C16H19ClN2O/c17-9-3-6-16(20)19-10-7-13-12-4-1-2-5-14(12)18-15(13)8-11-19/h1-2,4-5,18H,3,6-11H2. The van der Waals surface area contributed by atoms with E-state index in [1.165, 1.54) is 22.2 Å². The molecular weight excluding hydrogens is 272 g/mol. The number of fused-ring (bicyclic) bond motifs is 3. The van der Waals surface area contributed by atoms with Crippen molar-refractivity contribution < 1.29 is 4.79 Å². The number of rotatable bonds is 3. The van der Waals surface area contributed by atoms with E-state index in [4.69, 9.17) is 11.6 Å². The molecule has 0 bridgehead atoms. The van der Waals surface area contributed by atoms with Crippen LogP contribution in [-0.4, -0.2) is 34.8 Å². The van der Waals surface area contributed by atoms with E-state index < -0.39 is 0 Å². The smallest absolute Gasteiger partial charge is 0.222 e. The maximum atomic E-state index is 12.1. The average Bonchev–Trinajstić information content (AvgIpc) is 2.69. The number of alkyl halides is 1. The summed E-state index contributed by atoms with van der Waals surface area (Å²) in [4.78, 5) is 17.6. The van der Waals surface area contributed by atoms with Gasteiger partial charge in [-0.15, -0.1) is 11.6 Å². The van der Waals surface area contributed by atoms with Crippen LogP contribution in [0.3, 0.4) is 0 Å². The summed E-state index contributed by atoms with van der Waals surface area (Å²) < 4.78 is 0. The van der Waals surface area contributed by atoms with Gasteiger partial charge in [0.05, 0.1) is 0 Å². The number of carbonyl (C=O) groups is 1. The number of benzene rings is 1. The second-order valence-electron chi connectivity index (χ2n) is 5.30. The first kappa shape index (κ1) is 13.5. The molecule has 106 valence electrons. The van der Waals surface area contributed by atoms with Gasteiger partial charge in [0.15, 0.2) is 0 Å².